The molecule has 1 heteroatoms. The Bertz CT molecular complexity index is 150. The highest BCUT2D eigenvalue weighted by atomic mass is 15.1. The van der Waals surface area contributed by atoms with Gasteiger partial charge < -0.3 is 4.90 Å². The third kappa shape index (κ3) is 0.729. The van der Waals surface area contributed by atoms with Gasteiger partial charge in [0.1, 0.15) is 0 Å². The number of hydrogen-bond donors (Lipinski definition) is 0. The molecule has 0 aromatic heterocycles. The van der Waals surface area contributed by atoms with E-state index in [1.165, 1.54) is 0 Å². The molecule has 0 radical (unpaired) electrons. The second kappa shape index (κ2) is 1.28. The average Bonchev–Trinajstić information content (AvgIpc) is 2.44. The molecule has 0 bridgehead atoms. The number of hydrogen-bond acceptors (Lipinski definition) is 1. The molecule has 0 N–H and O–H groups in total. The summed E-state index contributed by atoms with van der Waals surface area (Å²) in [5.41, 5.74) is 4.07. The lowest BCUT2D eigenvalue weighted by Crippen LogP contribution is -2.01. The summed E-state index contributed by atoms with van der Waals surface area (Å²) in [7, 11) is 1.94. The fraction of sp³-hybridized carbons (Fsp3) is 0.167. The summed E-state index contributed by atoms with van der Waals surface area (Å²) in [6.45, 7) is 3.57. The molecule has 0 aromatic carbocycles. The predicted molar refractivity (Wildman–Crippen MR) is 29.6 cm³/mol. The van der Waals surface area contributed by atoms with Crippen LogP contribution in [-0.2, 0) is 0 Å². The van der Waals surface area contributed by atoms with Gasteiger partial charge in [-0.25, -0.2) is 0 Å². The molecule has 1 aliphatic carbocycles. The van der Waals surface area contributed by atoms with Gasteiger partial charge in [0.25, 0.3) is 0 Å². The van der Waals surface area contributed by atoms with E-state index in [1.54, 1.807) is 6.20 Å². The molecule has 1 rings (SSSR count). The van der Waals surface area contributed by atoms with E-state index in [0.29, 0.717) is 0 Å². The van der Waals surface area contributed by atoms with Gasteiger partial charge in [-0.1, -0.05) is 12.3 Å². The molecule has 0 saturated carbocycles. The van der Waals surface area contributed by atoms with Crippen molar-refractivity contribution in [1.29, 1.82) is 0 Å². The third-order valence-corrected chi connectivity index (χ3v) is 0.927. The Hall–Kier alpha value is -0.940. The van der Waals surface area contributed by atoms with Crippen LogP contribution in [0.2, 0.25) is 0 Å². The second-order valence-corrected chi connectivity index (χ2v) is 1.47. The minimum Gasteiger partial charge on any atom is -0.345 e. The molecular weight excluding hydrogens is 86.1 g/mol. The zero-order valence-electron chi connectivity index (χ0n) is 4.31. The summed E-state index contributed by atoms with van der Waals surface area (Å²) in [4.78, 5) is 1.92. The summed E-state index contributed by atoms with van der Waals surface area (Å²) < 4.78 is 0. The van der Waals surface area contributed by atoms with Gasteiger partial charge in [-0.15, -0.1) is 0 Å². The van der Waals surface area contributed by atoms with Crippen LogP contribution >= 0.6 is 0 Å². The molecular formula is C6H7N. The molecule has 0 saturated heterocycles. The molecule has 0 aromatic rings. The fourth-order valence-corrected chi connectivity index (χ4v) is 0.334. The van der Waals surface area contributed by atoms with Crippen LogP contribution in [0.15, 0.2) is 30.3 Å². The summed E-state index contributed by atoms with van der Waals surface area (Å²) in [5, 5.41) is 0. The van der Waals surface area contributed by atoms with E-state index in [4.69, 9.17) is 0 Å². The van der Waals surface area contributed by atoms with E-state index < -0.39 is 0 Å². The highest BCUT2D eigenvalue weighted by molar-refractivity contribution is 5.30. The van der Waals surface area contributed by atoms with Gasteiger partial charge in [0.15, 0.2) is 0 Å². The van der Waals surface area contributed by atoms with Crippen molar-refractivity contribution < 1.29 is 0 Å². The van der Waals surface area contributed by atoms with Crippen LogP contribution in [-0.4, -0.2) is 11.9 Å². The lowest BCUT2D eigenvalue weighted by atomic mass is 10.6. The van der Waals surface area contributed by atoms with Gasteiger partial charge in [0.05, 0.1) is 5.70 Å². The van der Waals surface area contributed by atoms with Crippen LogP contribution in [0.1, 0.15) is 0 Å². The smallest absolute Gasteiger partial charge is 0.0916 e. The fourth-order valence-electron chi connectivity index (χ4n) is 0.334. The molecule has 0 unspecified atom stereocenters. The van der Waals surface area contributed by atoms with E-state index in [0.717, 1.165) is 5.70 Å². The van der Waals surface area contributed by atoms with Crippen molar-refractivity contribution in [3.8, 4) is 0 Å². The highest BCUT2D eigenvalue weighted by Crippen LogP contribution is 2.09. The predicted octanol–water partition coefficient (Wildman–Crippen LogP) is 1.11. The Kier molecular flexibility index (Phi) is 0.775. The molecule has 0 aliphatic heterocycles. The maximum absolute atomic E-state index is 3.57. The maximum atomic E-state index is 3.57. The van der Waals surface area contributed by atoms with Crippen LogP contribution in [0.4, 0.5) is 0 Å². The van der Waals surface area contributed by atoms with Crippen molar-refractivity contribution in [1.82, 2.24) is 4.90 Å². The molecule has 0 fully saturated rings. The molecule has 36 valence electrons. The van der Waals surface area contributed by atoms with Gasteiger partial charge in [-0.2, -0.15) is 0 Å². The maximum Gasteiger partial charge on any atom is 0.0916 e. The molecule has 1 nitrogen and oxygen atoms in total. The Labute approximate surface area is 43.2 Å². The second-order valence-electron chi connectivity index (χ2n) is 1.47. The Morgan fingerprint density at radius 3 is 2.71 bits per heavy atom. The van der Waals surface area contributed by atoms with Crippen LogP contribution in [0.25, 0.3) is 0 Å². The molecule has 0 heterocycles. The molecule has 7 heavy (non-hydrogen) atoms. The first-order valence-corrected chi connectivity index (χ1v) is 2.16. The molecule has 1 aliphatic rings. The van der Waals surface area contributed by atoms with E-state index in [2.05, 4.69) is 12.3 Å². The van der Waals surface area contributed by atoms with Gasteiger partial charge in [-0.05, 0) is 6.20 Å². The first-order valence-electron chi connectivity index (χ1n) is 2.16. The first kappa shape index (κ1) is 4.23. The Balaban J connectivity index is 2.40. The quantitative estimate of drug-likeness (QED) is 0.462. The van der Waals surface area contributed by atoms with Crippen LogP contribution < -0.4 is 0 Å². The summed E-state index contributed by atoms with van der Waals surface area (Å²) in [5.74, 6) is 0. The van der Waals surface area contributed by atoms with Crippen molar-refractivity contribution >= 4 is 0 Å². The Morgan fingerprint density at radius 2 is 2.57 bits per heavy atom. The Morgan fingerprint density at radius 1 is 2.00 bits per heavy atom. The van der Waals surface area contributed by atoms with E-state index >= 15 is 0 Å². The normalized spacial score (nSPS) is 13.0. The van der Waals surface area contributed by atoms with E-state index in [1.807, 2.05) is 18.0 Å². The van der Waals surface area contributed by atoms with Crippen molar-refractivity contribution in [2.45, 2.75) is 0 Å². The van der Waals surface area contributed by atoms with Crippen molar-refractivity contribution in [2.24, 2.45) is 0 Å². The summed E-state index contributed by atoms with van der Waals surface area (Å²) >= 11 is 0. The third-order valence-electron chi connectivity index (χ3n) is 0.927. The van der Waals surface area contributed by atoms with E-state index in [-0.39, 0.29) is 0 Å². The van der Waals surface area contributed by atoms with Crippen molar-refractivity contribution in [2.75, 3.05) is 7.05 Å². The highest BCUT2D eigenvalue weighted by Gasteiger charge is 2.00. The van der Waals surface area contributed by atoms with Gasteiger partial charge in [0.2, 0.25) is 0 Å². The van der Waals surface area contributed by atoms with E-state index in [9.17, 15) is 0 Å². The lowest BCUT2D eigenvalue weighted by Gasteiger charge is -2.03. The van der Waals surface area contributed by atoms with Crippen LogP contribution in [0, 0.1) is 0 Å². The standard InChI is InChI=1S/C6H7N/c1-3-7(2)6-4-5-6/h3-4H,1H2,2H3. The molecule has 0 amide bonds. The largest absolute Gasteiger partial charge is 0.345 e. The van der Waals surface area contributed by atoms with Crippen LogP contribution in [0.5, 0.6) is 0 Å². The topological polar surface area (TPSA) is 3.24 Å². The number of nitrogens with zero attached hydrogens (tertiary/aromatic N) is 1. The zero-order chi connectivity index (χ0) is 5.28. The van der Waals surface area contributed by atoms with Crippen LogP contribution in [0.3, 0.4) is 0 Å². The van der Waals surface area contributed by atoms with Gasteiger partial charge in [0, 0.05) is 13.1 Å². The van der Waals surface area contributed by atoms with Crippen molar-refractivity contribution in [3.63, 3.8) is 0 Å². The SMILES string of the molecule is C=CN(C)C1=C=C1. The van der Waals surface area contributed by atoms with Crippen molar-refractivity contribution in [3.05, 3.63) is 30.3 Å². The first-order chi connectivity index (χ1) is 3.34. The zero-order valence-corrected chi connectivity index (χ0v) is 4.31. The minimum atomic E-state index is 1.13. The molecule has 0 spiro atoms. The summed E-state index contributed by atoms with van der Waals surface area (Å²) in [6, 6.07) is 0. The lowest BCUT2D eigenvalue weighted by molar-refractivity contribution is 0.606. The number of rotatable bonds is 2. The molecule has 0 atom stereocenters. The summed E-state index contributed by atoms with van der Waals surface area (Å²) in [6.07, 6.45) is 3.67. The number of likely N-dealkylation sites (N-methyl/N-ethyl adjacent to an activating group) is 1. The van der Waals surface area contributed by atoms with Gasteiger partial charge in [-0.3, -0.25) is 0 Å². The minimum absolute atomic E-state index is 1.13. The monoisotopic (exact) mass is 93.1 g/mol. The average molecular weight is 93.1 g/mol. The van der Waals surface area contributed by atoms with Gasteiger partial charge >= 0.3 is 0 Å².